The Morgan fingerprint density at radius 1 is 1.59 bits per heavy atom. The highest BCUT2D eigenvalue weighted by Gasteiger charge is 2.31. The molecule has 17 heavy (non-hydrogen) atoms. The zero-order chi connectivity index (χ0) is 12.4. The molecule has 2 rings (SSSR count). The quantitative estimate of drug-likeness (QED) is 0.846. The molecular formula is C13H24N4. The predicted octanol–water partition coefficient (Wildman–Crippen LogP) is 1.68. The predicted molar refractivity (Wildman–Crippen MR) is 69.6 cm³/mol. The van der Waals surface area contributed by atoms with Crippen LogP contribution < -0.4 is 5.73 Å². The molecule has 0 bridgehead atoms. The highest BCUT2D eigenvalue weighted by Crippen LogP contribution is 2.32. The van der Waals surface area contributed by atoms with Gasteiger partial charge < -0.3 is 5.73 Å². The largest absolute Gasteiger partial charge is 0.326 e. The van der Waals surface area contributed by atoms with Crippen molar-refractivity contribution in [1.29, 1.82) is 0 Å². The van der Waals surface area contributed by atoms with Crippen LogP contribution in [0.5, 0.6) is 0 Å². The van der Waals surface area contributed by atoms with Crippen molar-refractivity contribution in [3.8, 4) is 0 Å². The lowest BCUT2D eigenvalue weighted by Crippen LogP contribution is -2.46. The molecule has 4 heteroatoms. The molecule has 0 saturated heterocycles. The lowest BCUT2D eigenvalue weighted by Gasteiger charge is -2.41. The first kappa shape index (κ1) is 12.6. The van der Waals surface area contributed by atoms with Gasteiger partial charge in [-0.1, -0.05) is 13.3 Å². The first-order valence-corrected chi connectivity index (χ1v) is 6.59. The summed E-state index contributed by atoms with van der Waals surface area (Å²) in [5.74, 6) is 0. The van der Waals surface area contributed by atoms with E-state index in [4.69, 9.17) is 5.73 Å². The van der Waals surface area contributed by atoms with Crippen molar-refractivity contribution in [2.75, 3.05) is 7.05 Å². The lowest BCUT2D eigenvalue weighted by molar-refractivity contribution is 0.0938. The van der Waals surface area contributed by atoms with E-state index < -0.39 is 0 Å². The van der Waals surface area contributed by atoms with Crippen LogP contribution >= 0.6 is 0 Å². The fourth-order valence-electron chi connectivity index (χ4n) is 2.62. The van der Waals surface area contributed by atoms with Crippen molar-refractivity contribution < 1.29 is 0 Å². The highest BCUT2D eigenvalue weighted by molar-refractivity contribution is 5.14. The van der Waals surface area contributed by atoms with Gasteiger partial charge in [0.15, 0.2) is 0 Å². The molecule has 4 nitrogen and oxygen atoms in total. The van der Waals surface area contributed by atoms with Crippen LogP contribution in [-0.4, -0.2) is 33.8 Å². The molecule has 1 aromatic rings. The van der Waals surface area contributed by atoms with E-state index in [1.807, 2.05) is 17.9 Å². The van der Waals surface area contributed by atoms with Gasteiger partial charge in [0.2, 0.25) is 0 Å². The fraction of sp³-hybridized carbons (Fsp3) is 0.769. The normalized spacial score (nSPS) is 20.3. The van der Waals surface area contributed by atoms with Gasteiger partial charge >= 0.3 is 0 Å². The Morgan fingerprint density at radius 3 is 2.71 bits per heavy atom. The highest BCUT2D eigenvalue weighted by atomic mass is 15.3. The van der Waals surface area contributed by atoms with E-state index >= 15 is 0 Å². The summed E-state index contributed by atoms with van der Waals surface area (Å²) in [7, 11) is 4.17. The Labute approximate surface area is 104 Å². The summed E-state index contributed by atoms with van der Waals surface area (Å²) in [5, 5.41) is 4.27. The van der Waals surface area contributed by atoms with Gasteiger partial charge in [-0.05, 0) is 26.3 Å². The van der Waals surface area contributed by atoms with E-state index in [0.29, 0.717) is 12.1 Å². The van der Waals surface area contributed by atoms with Crippen molar-refractivity contribution in [3.05, 3.63) is 18.0 Å². The van der Waals surface area contributed by atoms with E-state index in [1.165, 1.54) is 24.8 Å². The first-order valence-electron chi connectivity index (χ1n) is 6.59. The van der Waals surface area contributed by atoms with Crippen LogP contribution in [0.3, 0.4) is 0 Å². The summed E-state index contributed by atoms with van der Waals surface area (Å²) in [6, 6.07) is 1.20. The zero-order valence-electron chi connectivity index (χ0n) is 11.1. The lowest BCUT2D eigenvalue weighted by atomic mass is 9.88. The monoisotopic (exact) mass is 236 g/mol. The molecule has 0 aliphatic heterocycles. The maximum Gasteiger partial charge on any atom is 0.0538 e. The molecule has 1 aliphatic rings. The average Bonchev–Trinajstić information content (AvgIpc) is 2.62. The Kier molecular flexibility index (Phi) is 3.84. The van der Waals surface area contributed by atoms with Gasteiger partial charge in [-0.25, -0.2) is 0 Å². The Bertz CT molecular complexity index is 356. The molecule has 2 unspecified atom stereocenters. The van der Waals surface area contributed by atoms with E-state index in [9.17, 15) is 0 Å². The number of hydrogen-bond acceptors (Lipinski definition) is 3. The van der Waals surface area contributed by atoms with Crippen molar-refractivity contribution in [2.24, 2.45) is 12.8 Å². The summed E-state index contributed by atoms with van der Waals surface area (Å²) in [6.45, 7) is 2.16. The summed E-state index contributed by atoms with van der Waals surface area (Å²) in [5.41, 5.74) is 7.54. The molecule has 1 aromatic heterocycles. The molecule has 0 amide bonds. The second-order valence-electron chi connectivity index (χ2n) is 5.21. The maximum atomic E-state index is 6.30. The molecule has 0 aromatic carbocycles. The van der Waals surface area contributed by atoms with Gasteiger partial charge in [0.1, 0.15) is 0 Å². The Hall–Kier alpha value is -0.870. The van der Waals surface area contributed by atoms with Crippen LogP contribution in [0.15, 0.2) is 12.4 Å². The van der Waals surface area contributed by atoms with Crippen LogP contribution in [0.2, 0.25) is 0 Å². The molecular weight excluding hydrogens is 212 g/mol. The van der Waals surface area contributed by atoms with Gasteiger partial charge in [-0.3, -0.25) is 9.58 Å². The van der Waals surface area contributed by atoms with Crippen LogP contribution in [0.4, 0.5) is 0 Å². The van der Waals surface area contributed by atoms with E-state index in [2.05, 4.69) is 30.2 Å². The second kappa shape index (κ2) is 5.19. The summed E-state index contributed by atoms with van der Waals surface area (Å²) >= 11 is 0. The minimum atomic E-state index is 0.185. The first-order chi connectivity index (χ1) is 8.13. The topological polar surface area (TPSA) is 47.1 Å². The molecule has 1 heterocycles. The van der Waals surface area contributed by atoms with Crippen LogP contribution in [0, 0.1) is 0 Å². The van der Waals surface area contributed by atoms with Crippen molar-refractivity contribution in [2.45, 2.75) is 50.7 Å². The molecule has 2 N–H and O–H groups in total. The number of hydrogen-bond donors (Lipinski definition) is 1. The molecule has 1 fully saturated rings. The molecule has 2 atom stereocenters. The minimum Gasteiger partial charge on any atom is -0.326 e. The van der Waals surface area contributed by atoms with Gasteiger partial charge in [0.25, 0.3) is 0 Å². The third kappa shape index (κ3) is 2.53. The van der Waals surface area contributed by atoms with Gasteiger partial charge in [-0.15, -0.1) is 0 Å². The van der Waals surface area contributed by atoms with E-state index in [1.54, 1.807) is 0 Å². The van der Waals surface area contributed by atoms with Crippen LogP contribution in [0.1, 0.15) is 44.2 Å². The third-order valence-electron chi connectivity index (χ3n) is 4.03. The second-order valence-corrected chi connectivity index (χ2v) is 5.21. The minimum absolute atomic E-state index is 0.185. The fourth-order valence-corrected chi connectivity index (χ4v) is 2.62. The Morgan fingerprint density at radius 2 is 2.29 bits per heavy atom. The maximum absolute atomic E-state index is 6.30. The number of aromatic nitrogens is 2. The van der Waals surface area contributed by atoms with Gasteiger partial charge in [0.05, 0.1) is 12.2 Å². The van der Waals surface area contributed by atoms with Gasteiger partial charge in [-0.2, -0.15) is 5.10 Å². The number of likely N-dealkylation sites (N-methyl/N-ethyl adjacent to an activating group) is 1. The van der Waals surface area contributed by atoms with Crippen molar-refractivity contribution >= 4 is 0 Å². The zero-order valence-corrected chi connectivity index (χ0v) is 11.1. The summed E-state index contributed by atoms with van der Waals surface area (Å²) in [6.07, 6.45) is 9.02. The standard InChI is InChI=1S/C13H24N4/c1-4-12(14)13(10-8-15-16(2)9-10)17(3)11-6-5-7-11/h8-9,11-13H,4-7,14H2,1-3H3. The molecule has 96 valence electrons. The third-order valence-corrected chi connectivity index (χ3v) is 4.03. The number of nitrogens with zero attached hydrogens (tertiary/aromatic N) is 3. The molecule has 1 aliphatic carbocycles. The van der Waals surface area contributed by atoms with Crippen molar-refractivity contribution in [1.82, 2.24) is 14.7 Å². The molecule has 0 radical (unpaired) electrons. The summed E-state index contributed by atoms with van der Waals surface area (Å²) in [4.78, 5) is 2.45. The van der Waals surface area contributed by atoms with Crippen LogP contribution in [0.25, 0.3) is 0 Å². The Balaban J connectivity index is 2.17. The van der Waals surface area contributed by atoms with E-state index in [-0.39, 0.29) is 6.04 Å². The molecule has 1 saturated carbocycles. The van der Waals surface area contributed by atoms with Crippen LogP contribution in [-0.2, 0) is 7.05 Å². The SMILES string of the molecule is CCC(N)C(c1cnn(C)c1)N(C)C1CCC1. The smallest absolute Gasteiger partial charge is 0.0538 e. The summed E-state index contributed by atoms with van der Waals surface area (Å²) < 4.78 is 1.86. The number of aryl methyl sites for hydroxylation is 1. The number of rotatable bonds is 5. The van der Waals surface area contributed by atoms with Gasteiger partial charge in [0, 0.05) is 30.9 Å². The number of nitrogens with two attached hydrogens (primary N) is 1. The van der Waals surface area contributed by atoms with Crippen molar-refractivity contribution in [3.63, 3.8) is 0 Å². The average molecular weight is 236 g/mol. The van der Waals surface area contributed by atoms with E-state index in [0.717, 1.165) is 6.42 Å². The molecule has 0 spiro atoms.